The standard InChI is InChI=1S/C21H23N5O5/c27-16-4-3-15(18(29)23-16)26-19(30)13-2-1-12(9-14(13)20(26)31)10-25-11-17(28)24-21(25)5-7-22-8-6-21/h1-2,9,15,22H,3-8,10-11H2,(H,24,28)(H,23,27,29). The molecule has 1 spiro atoms. The molecule has 0 aromatic heterocycles. The summed E-state index contributed by atoms with van der Waals surface area (Å²) in [6, 6.07) is 4.10. The van der Waals surface area contributed by atoms with E-state index in [1.54, 1.807) is 18.2 Å². The van der Waals surface area contributed by atoms with Crippen molar-refractivity contribution in [3.05, 3.63) is 34.9 Å². The van der Waals surface area contributed by atoms with Crippen LogP contribution in [0.4, 0.5) is 0 Å². The average molecular weight is 425 g/mol. The van der Waals surface area contributed by atoms with Crippen LogP contribution in [0.5, 0.6) is 0 Å². The average Bonchev–Trinajstić information content (AvgIpc) is 3.16. The Morgan fingerprint density at radius 1 is 0.968 bits per heavy atom. The van der Waals surface area contributed by atoms with Gasteiger partial charge in [-0.2, -0.15) is 0 Å². The minimum absolute atomic E-state index is 0.0154. The molecule has 3 fully saturated rings. The lowest BCUT2D eigenvalue weighted by atomic mass is 9.96. The minimum atomic E-state index is -0.980. The third-order valence-corrected chi connectivity index (χ3v) is 6.62. The molecule has 5 amide bonds. The lowest BCUT2D eigenvalue weighted by Gasteiger charge is -2.41. The fourth-order valence-corrected chi connectivity index (χ4v) is 5.03. The van der Waals surface area contributed by atoms with Crippen LogP contribution in [-0.2, 0) is 20.9 Å². The molecule has 3 N–H and O–H groups in total. The normalized spacial score (nSPS) is 25.7. The molecule has 4 aliphatic heterocycles. The molecule has 0 radical (unpaired) electrons. The fourth-order valence-electron chi connectivity index (χ4n) is 5.03. The predicted molar refractivity (Wildman–Crippen MR) is 107 cm³/mol. The van der Waals surface area contributed by atoms with Crippen LogP contribution in [0, 0.1) is 0 Å². The SMILES string of the molecule is O=C1CCC(N2C(=O)c3ccc(CN4CC(=O)NC45CCNCC5)cc3C2=O)C(=O)N1. The molecular weight excluding hydrogens is 402 g/mol. The molecule has 162 valence electrons. The van der Waals surface area contributed by atoms with Crippen LogP contribution in [-0.4, -0.2) is 70.7 Å². The molecule has 1 aromatic carbocycles. The monoisotopic (exact) mass is 425 g/mol. The highest BCUT2D eigenvalue weighted by Crippen LogP contribution is 2.32. The van der Waals surface area contributed by atoms with Crippen molar-refractivity contribution in [2.75, 3.05) is 19.6 Å². The van der Waals surface area contributed by atoms with Crippen molar-refractivity contribution >= 4 is 29.5 Å². The first-order valence-electron chi connectivity index (χ1n) is 10.5. The van der Waals surface area contributed by atoms with Crippen LogP contribution >= 0.6 is 0 Å². The van der Waals surface area contributed by atoms with Crippen LogP contribution < -0.4 is 16.0 Å². The van der Waals surface area contributed by atoms with Crippen LogP contribution in [0.15, 0.2) is 18.2 Å². The van der Waals surface area contributed by atoms with E-state index in [4.69, 9.17) is 0 Å². The first kappa shape index (κ1) is 19.8. The second-order valence-electron chi connectivity index (χ2n) is 8.51. The molecule has 10 nitrogen and oxygen atoms in total. The van der Waals surface area contributed by atoms with Crippen molar-refractivity contribution in [2.24, 2.45) is 0 Å². The summed E-state index contributed by atoms with van der Waals surface area (Å²) in [4.78, 5) is 64.7. The Bertz CT molecular complexity index is 1020. The van der Waals surface area contributed by atoms with E-state index in [9.17, 15) is 24.0 Å². The van der Waals surface area contributed by atoms with Gasteiger partial charge in [0.15, 0.2) is 0 Å². The smallest absolute Gasteiger partial charge is 0.262 e. The van der Waals surface area contributed by atoms with Gasteiger partial charge in [-0.3, -0.25) is 39.1 Å². The van der Waals surface area contributed by atoms with E-state index >= 15 is 0 Å². The summed E-state index contributed by atoms with van der Waals surface area (Å²) < 4.78 is 0. The van der Waals surface area contributed by atoms with Crippen LogP contribution in [0.3, 0.4) is 0 Å². The third-order valence-electron chi connectivity index (χ3n) is 6.62. The van der Waals surface area contributed by atoms with Gasteiger partial charge in [0.05, 0.1) is 23.3 Å². The second-order valence-corrected chi connectivity index (χ2v) is 8.51. The summed E-state index contributed by atoms with van der Waals surface area (Å²) in [5.74, 6) is -2.09. The van der Waals surface area contributed by atoms with Crippen molar-refractivity contribution < 1.29 is 24.0 Å². The zero-order valence-electron chi connectivity index (χ0n) is 16.9. The van der Waals surface area contributed by atoms with Crippen LogP contribution in [0.2, 0.25) is 0 Å². The summed E-state index contributed by atoms with van der Waals surface area (Å²) in [5.41, 5.74) is 0.940. The summed E-state index contributed by atoms with van der Waals surface area (Å²) in [7, 11) is 0. The molecule has 1 unspecified atom stereocenters. The van der Waals surface area contributed by atoms with Gasteiger partial charge in [0.1, 0.15) is 6.04 Å². The largest absolute Gasteiger partial charge is 0.337 e. The molecule has 5 rings (SSSR count). The van der Waals surface area contributed by atoms with E-state index in [1.807, 2.05) is 0 Å². The molecule has 1 aromatic rings. The Balaban J connectivity index is 1.39. The van der Waals surface area contributed by atoms with Crippen molar-refractivity contribution in [1.82, 2.24) is 25.8 Å². The van der Waals surface area contributed by atoms with E-state index in [1.165, 1.54) is 0 Å². The van der Waals surface area contributed by atoms with E-state index in [2.05, 4.69) is 20.9 Å². The van der Waals surface area contributed by atoms with E-state index < -0.39 is 29.7 Å². The first-order valence-corrected chi connectivity index (χ1v) is 10.5. The van der Waals surface area contributed by atoms with Crippen molar-refractivity contribution in [1.29, 1.82) is 0 Å². The predicted octanol–water partition coefficient (Wildman–Crippen LogP) is -0.901. The van der Waals surface area contributed by atoms with E-state index in [0.717, 1.165) is 36.4 Å². The van der Waals surface area contributed by atoms with E-state index in [0.29, 0.717) is 6.54 Å². The molecule has 0 saturated carbocycles. The number of hydrogen-bond acceptors (Lipinski definition) is 7. The topological polar surface area (TPSA) is 128 Å². The highest BCUT2D eigenvalue weighted by atomic mass is 16.2. The maximum Gasteiger partial charge on any atom is 0.262 e. The van der Waals surface area contributed by atoms with Gasteiger partial charge >= 0.3 is 0 Å². The quantitative estimate of drug-likeness (QED) is 0.536. The second kappa shape index (κ2) is 7.24. The van der Waals surface area contributed by atoms with Gasteiger partial charge in [0.2, 0.25) is 17.7 Å². The molecule has 1 atom stereocenters. The number of carbonyl (C=O) groups is 5. The Kier molecular flexibility index (Phi) is 4.63. The molecule has 0 aliphatic carbocycles. The molecular formula is C21H23N5O5. The lowest BCUT2D eigenvalue weighted by molar-refractivity contribution is -0.136. The van der Waals surface area contributed by atoms with Gasteiger partial charge in [-0.25, -0.2) is 0 Å². The number of benzene rings is 1. The number of fused-ring (bicyclic) bond motifs is 1. The Morgan fingerprint density at radius 2 is 1.71 bits per heavy atom. The van der Waals surface area contributed by atoms with Crippen molar-refractivity contribution in [2.45, 2.75) is 43.9 Å². The maximum absolute atomic E-state index is 13.0. The molecule has 10 heteroatoms. The minimum Gasteiger partial charge on any atom is -0.337 e. The number of nitrogens with zero attached hydrogens (tertiary/aromatic N) is 2. The van der Waals surface area contributed by atoms with Gasteiger partial charge in [-0.15, -0.1) is 0 Å². The number of imide groups is 2. The number of hydrogen-bond donors (Lipinski definition) is 3. The van der Waals surface area contributed by atoms with Gasteiger partial charge in [-0.1, -0.05) is 6.07 Å². The number of rotatable bonds is 3. The summed E-state index contributed by atoms with van der Waals surface area (Å²) in [6.07, 6.45) is 1.80. The molecule has 3 saturated heterocycles. The molecule has 4 heterocycles. The van der Waals surface area contributed by atoms with Gasteiger partial charge in [0.25, 0.3) is 11.8 Å². The van der Waals surface area contributed by atoms with Crippen LogP contribution in [0.25, 0.3) is 0 Å². The highest BCUT2D eigenvalue weighted by Gasteiger charge is 2.46. The van der Waals surface area contributed by atoms with Gasteiger partial charge in [0, 0.05) is 13.0 Å². The third kappa shape index (κ3) is 3.22. The number of piperidine rings is 2. The molecule has 0 bridgehead atoms. The molecule has 4 aliphatic rings. The van der Waals surface area contributed by atoms with Gasteiger partial charge in [-0.05, 0) is 50.0 Å². The number of amides is 5. The number of carbonyl (C=O) groups excluding carboxylic acids is 5. The Labute approximate surface area is 178 Å². The fraction of sp³-hybridized carbons (Fsp3) is 0.476. The highest BCUT2D eigenvalue weighted by molar-refractivity contribution is 6.23. The molecule has 31 heavy (non-hydrogen) atoms. The first-order chi connectivity index (χ1) is 14.9. The van der Waals surface area contributed by atoms with Crippen molar-refractivity contribution in [3.63, 3.8) is 0 Å². The Morgan fingerprint density at radius 3 is 2.45 bits per heavy atom. The summed E-state index contributed by atoms with van der Waals surface area (Å²) in [5, 5.41) is 8.61. The van der Waals surface area contributed by atoms with E-state index in [-0.39, 0.29) is 42.1 Å². The Hall–Kier alpha value is -3.11. The number of nitrogens with one attached hydrogen (secondary N) is 3. The summed E-state index contributed by atoms with van der Waals surface area (Å²) in [6.45, 7) is 2.38. The zero-order valence-corrected chi connectivity index (χ0v) is 16.9. The van der Waals surface area contributed by atoms with Crippen LogP contribution in [0.1, 0.15) is 52.0 Å². The maximum atomic E-state index is 13.0. The van der Waals surface area contributed by atoms with Gasteiger partial charge < -0.3 is 10.6 Å². The zero-order chi connectivity index (χ0) is 21.8. The summed E-state index contributed by atoms with van der Waals surface area (Å²) >= 11 is 0. The lowest BCUT2D eigenvalue weighted by Crippen LogP contribution is -2.57. The van der Waals surface area contributed by atoms with Crippen molar-refractivity contribution in [3.8, 4) is 0 Å².